The molecule has 27 heavy (non-hydrogen) atoms. The number of hydrogen-bond donors (Lipinski definition) is 2. The Bertz CT molecular complexity index is 691. The summed E-state index contributed by atoms with van der Waals surface area (Å²) in [7, 11) is 1.76. The second kappa shape index (κ2) is 8.28. The van der Waals surface area contributed by atoms with Crippen LogP contribution in [0.3, 0.4) is 0 Å². The number of nitrogens with one attached hydrogen (secondary N) is 2. The minimum Gasteiger partial charge on any atom is -0.356 e. The molecule has 1 heterocycles. The van der Waals surface area contributed by atoms with Crippen molar-refractivity contribution in [3.63, 3.8) is 0 Å². The Kier molecular flexibility index (Phi) is 6.02. The number of hydrogen-bond acceptors (Lipinski definition) is 2. The third-order valence-corrected chi connectivity index (χ3v) is 5.76. The van der Waals surface area contributed by atoms with Crippen LogP contribution in [0, 0.1) is 11.7 Å². The molecule has 6 heteroatoms. The molecule has 0 unspecified atom stereocenters. The van der Waals surface area contributed by atoms with E-state index in [0.29, 0.717) is 12.6 Å². The van der Waals surface area contributed by atoms with Gasteiger partial charge in [0, 0.05) is 44.1 Å². The Hall–Kier alpha value is -2.11. The molecule has 0 spiro atoms. The second-order valence-electron chi connectivity index (χ2n) is 8.08. The maximum atomic E-state index is 14.2. The van der Waals surface area contributed by atoms with E-state index in [1.807, 2.05) is 30.9 Å². The molecule has 0 atom stereocenters. The number of rotatable bonds is 5. The molecule has 5 nitrogen and oxygen atoms in total. The normalized spacial score (nSPS) is 19.9. The van der Waals surface area contributed by atoms with Crippen molar-refractivity contribution in [1.29, 1.82) is 0 Å². The lowest BCUT2D eigenvalue weighted by atomic mass is 9.95. The Morgan fingerprint density at radius 3 is 2.52 bits per heavy atom. The van der Waals surface area contributed by atoms with Gasteiger partial charge in [-0.15, -0.1) is 0 Å². The van der Waals surface area contributed by atoms with E-state index in [1.54, 1.807) is 13.1 Å². The number of guanidine groups is 1. The number of nitrogens with zero attached hydrogens (tertiary/aromatic N) is 2. The van der Waals surface area contributed by atoms with E-state index in [9.17, 15) is 9.18 Å². The highest BCUT2D eigenvalue weighted by Gasteiger charge is 2.45. The van der Waals surface area contributed by atoms with E-state index < -0.39 is 0 Å². The fraction of sp³-hybridized carbons (Fsp3) is 0.619. The number of benzene rings is 1. The number of amides is 1. The minimum absolute atomic E-state index is 0.0528. The summed E-state index contributed by atoms with van der Waals surface area (Å²) in [6, 6.07) is 7.36. The maximum Gasteiger partial charge on any atom is 0.225 e. The van der Waals surface area contributed by atoms with Crippen LogP contribution in [0.2, 0.25) is 0 Å². The first kappa shape index (κ1) is 19.6. The van der Waals surface area contributed by atoms with E-state index in [4.69, 9.17) is 0 Å². The van der Waals surface area contributed by atoms with Gasteiger partial charge in [-0.25, -0.2) is 4.39 Å². The zero-order chi connectivity index (χ0) is 19.4. The molecule has 2 N–H and O–H groups in total. The van der Waals surface area contributed by atoms with Gasteiger partial charge in [0.05, 0.1) is 0 Å². The highest BCUT2D eigenvalue weighted by Crippen LogP contribution is 2.48. The fourth-order valence-electron chi connectivity index (χ4n) is 3.83. The Balaban J connectivity index is 1.50. The summed E-state index contributed by atoms with van der Waals surface area (Å²) in [5, 5.41) is 6.86. The first-order valence-corrected chi connectivity index (χ1v) is 9.96. The minimum atomic E-state index is -0.123. The summed E-state index contributed by atoms with van der Waals surface area (Å²) in [6.45, 7) is 6.14. The maximum absolute atomic E-state index is 14.2. The van der Waals surface area contributed by atoms with Crippen LogP contribution in [0.4, 0.5) is 4.39 Å². The Morgan fingerprint density at radius 1 is 1.30 bits per heavy atom. The van der Waals surface area contributed by atoms with Gasteiger partial charge in [0.15, 0.2) is 5.96 Å². The monoisotopic (exact) mass is 374 g/mol. The molecule has 1 saturated carbocycles. The molecule has 1 saturated heterocycles. The van der Waals surface area contributed by atoms with Gasteiger partial charge in [-0.3, -0.25) is 9.79 Å². The fourth-order valence-corrected chi connectivity index (χ4v) is 3.83. The number of carbonyl (C=O) groups excluding carboxylic acids is 1. The molecule has 2 fully saturated rings. The van der Waals surface area contributed by atoms with Gasteiger partial charge in [0.25, 0.3) is 0 Å². The lowest BCUT2D eigenvalue weighted by Crippen LogP contribution is -2.51. The number of likely N-dealkylation sites (tertiary alicyclic amines) is 1. The largest absolute Gasteiger partial charge is 0.356 e. The van der Waals surface area contributed by atoms with E-state index in [1.165, 1.54) is 6.07 Å². The van der Waals surface area contributed by atoms with Crippen molar-refractivity contribution in [3.8, 4) is 0 Å². The summed E-state index contributed by atoms with van der Waals surface area (Å²) >= 11 is 0. The van der Waals surface area contributed by atoms with Gasteiger partial charge < -0.3 is 15.5 Å². The van der Waals surface area contributed by atoms with Crippen molar-refractivity contribution in [3.05, 3.63) is 35.6 Å². The molecular weight excluding hydrogens is 343 g/mol. The second-order valence-corrected chi connectivity index (χ2v) is 8.08. The molecule has 1 aliphatic carbocycles. The molecule has 0 aromatic heterocycles. The predicted molar refractivity (Wildman–Crippen MR) is 106 cm³/mol. The molecule has 2 aliphatic rings. The van der Waals surface area contributed by atoms with Crippen molar-refractivity contribution < 1.29 is 9.18 Å². The van der Waals surface area contributed by atoms with Gasteiger partial charge in [0.2, 0.25) is 5.91 Å². The average Bonchev–Trinajstić information content (AvgIpc) is 3.46. The van der Waals surface area contributed by atoms with Crippen molar-refractivity contribution in [2.45, 2.75) is 51.0 Å². The topological polar surface area (TPSA) is 56.7 Å². The van der Waals surface area contributed by atoms with Gasteiger partial charge in [-0.1, -0.05) is 32.0 Å². The van der Waals surface area contributed by atoms with E-state index in [2.05, 4.69) is 15.6 Å². The molecule has 148 valence electrons. The van der Waals surface area contributed by atoms with Gasteiger partial charge in [-0.05, 0) is 37.3 Å². The summed E-state index contributed by atoms with van der Waals surface area (Å²) in [5.74, 6) is 0.918. The number of halogens is 1. The number of carbonyl (C=O) groups is 1. The van der Waals surface area contributed by atoms with Crippen LogP contribution < -0.4 is 10.6 Å². The zero-order valence-electron chi connectivity index (χ0n) is 16.6. The number of piperidine rings is 1. The summed E-state index contributed by atoms with van der Waals surface area (Å²) in [4.78, 5) is 18.4. The quantitative estimate of drug-likeness (QED) is 0.615. The molecule has 1 aliphatic heterocycles. The molecule has 1 aromatic carbocycles. The lowest BCUT2D eigenvalue weighted by molar-refractivity contribution is -0.135. The van der Waals surface area contributed by atoms with Gasteiger partial charge in [-0.2, -0.15) is 0 Å². The van der Waals surface area contributed by atoms with Crippen LogP contribution >= 0.6 is 0 Å². The van der Waals surface area contributed by atoms with Crippen LogP contribution in [0.15, 0.2) is 29.3 Å². The first-order valence-electron chi connectivity index (χ1n) is 9.96. The van der Waals surface area contributed by atoms with Crippen molar-refractivity contribution in [2.24, 2.45) is 10.9 Å². The zero-order valence-corrected chi connectivity index (χ0v) is 16.6. The predicted octanol–water partition coefficient (Wildman–Crippen LogP) is 2.67. The molecule has 1 aromatic rings. The average molecular weight is 375 g/mol. The highest BCUT2D eigenvalue weighted by molar-refractivity contribution is 5.80. The smallest absolute Gasteiger partial charge is 0.225 e. The van der Waals surface area contributed by atoms with Gasteiger partial charge >= 0.3 is 0 Å². The van der Waals surface area contributed by atoms with Crippen molar-refractivity contribution in [1.82, 2.24) is 15.5 Å². The van der Waals surface area contributed by atoms with E-state index in [0.717, 1.165) is 50.3 Å². The third-order valence-electron chi connectivity index (χ3n) is 5.76. The summed E-state index contributed by atoms with van der Waals surface area (Å²) < 4.78 is 14.2. The summed E-state index contributed by atoms with van der Waals surface area (Å²) in [5.41, 5.74) is 0.684. The van der Waals surface area contributed by atoms with Crippen molar-refractivity contribution >= 4 is 11.9 Å². The van der Waals surface area contributed by atoms with Crippen LogP contribution in [-0.4, -0.2) is 49.5 Å². The van der Waals surface area contributed by atoms with E-state index >= 15 is 0 Å². The van der Waals surface area contributed by atoms with Gasteiger partial charge in [0.1, 0.15) is 5.82 Å². The summed E-state index contributed by atoms with van der Waals surface area (Å²) in [6.07, 6.45) is 3.82. The van der Waals surface area contributed by atoms with Crippen LogP contribution in [0.1, 0.15) is 45.1 Å². The molecule has 1 amide bonds. The standard InChI is InChI=1S/C21H31FN4O/c1-15(2)19(27)26-12-8-16(9-13-26)25-20(23-3)24-14-21(10-11-21)17-6-4-5-7-18(17)22/h4-7,15-16H,8-14H2,1-3H3,(H2,23,24,25). The molecule has 3 rings (SSSR count). The molecule has 0 radical (unpaired) electrons. The highest BCUT2D eigenvalue weighted by atomic mass is 19.1. The first-order chi connectivity index (χ1) is 12.9. The SMILES string of the molecule is CN=C(NCC1(c2ccccc2F)CC1)NC1CCN(C(=O)C(C)C)CC1. The van der Waals surface area contributed by atoms with Crippen LogP contribution in [-0.2, 0) is 10.2 Å². The number of aliphatic imine (C=N–C) groups is 1. The van der Waals surface area contributed by atoms with Crippen molar-refractivity contribution in [2.75, 3.05) is 26.7 Å². The Morgan fingerprint density at radius 2 is 1.96 bits per heavy atom. The van der Waals surface area contributed by atoms with Crippen LogP contribution in [0.5, 0.6) is 0 Å². The Labute approximate surface area is 161 Å². The lowest BCUT2D eigenvalue weighted by Gasteiger charge is -2.34. The van der Waals surface area contributed by atoms with E-state index in [-0.39, 0.29) is 23.1 Å². The third kappa shape index (κ3) is 4.60. The molecular formula is C21H31FN4O. The van der Waals surface area contributed by atoms with Crippen LogP contribution in [0.25, 0.3) is 0 Å². The molecule has 0 bridgehead atoms.